The van der Waals surface area contributed by atoms with Gasteiger partial charge in [-0.25, -0.2) is 4.39 Å². The standard InChI is InChI=1S/C25H17Cl3FNO5/c1-34-19-11-18(28)20(35-2)10-15(19)23(31)21-22(12-6-7-16(26)17(27)8-12)30(25(33)24(21)32)14-5-3-4-13(29)9-14/h3-11,22,31H,1-2H3/b23-21+. The van der Waals surface area contributed by atoms with E-state index in [-0.39, 0.29) is 43.4 Å². The molecule has 0 spiro atoms. The number of benzene rings is 3. The van der Waals surface area contributed by atoms with E-state index in [9.17, 15) is 19.1 Å². The first-order valence-corrected chi connectivity index (χ1v) is 11.2. The number of amides is 1. The fourth-order valence-electron chi connectivity index (χ4n) is 3.91. The van der Waals surface area contributed by atoms with Crippen molar-refractivity contribution in [3.8, 4) is 11.5 Å². The zero-order valence-electron chi connectivity index (χ0n) is 18.3. The van der Waals surface area contributed by atoms with Crippen LogP contribution in [-0.4, -0.2) is 31.0 Å². The molecule has 1 N–H and O–H groups in total. The molecule has 0 aliphatic carbocycles. The molecular weight excluding hydrogens is 520 g/mol. The molecule has 1 saturated heterocycles. The number of anilines is 1. The predicted octanol–water partition coefficient (Wildman–Crippen LogP) is 6.43. The minimum atomic E-state index is -1.15. The lowest BCUT2D eigenvalue weighted by Gasteiger charge is -2.26. The smallest absolute Gasteiger partial charge is 0.300 e. The van der Waals surface area contributed by atoms with Gasteiger partial charge in [0.05, 0.1) is 46.5 Å². The molecule has 1 aliphatic rings. The van der Waals surface area contributed by atoms with Crippen LogP contribution in [0.2, 0.25) is 15.1 Å². The summed E-state index contributed by atoms with van der Waals surface area (Å²) in [6, 6.07) is 11.4. The van der Waals surface area contributed by atoms with Crippen LogP contribution in [0, 0.1) is 5.82 Å². The summed E-state index contributed by atoms with van der Waals surface area (Å²) in [4.78, 5) is 27.6. The predicted molar refractivity (Wildman–Crippen MR) is 132 cm³/mol. The average Bonchev–Trinajstić information content (AvgIpc) is 3.10. The number of carbonyl (C=O) groups is 2. The Morgan fingerprint density at radius 1 is 0.914 bits per heavy atom. The molecule has 1 amide bonds. The number of aliphatic hydroxyl groups is 1. The molecule has 0 aromatic heterocycles. The quantitative estimate of drug-likeness (QED) is 0.231. The van der Waals surface area contributed by atoms with Crippen molar-refractivity contribution >= 4 is 57.9 Å². The summed E-state index contributed by atoms with van der Waals surface area (Å²) in [5, 5.41) is 12.0. The molecular formula is C25H17Cl3FNO5. The molecule has 1 aliphatic heterocycles. The van der Waals surface area contributed by atoms with Crippen molar-refractivity contribution in [1.29, 1.82) is 0 Å². The summed E-state index contributed by atoms with van der Waals surface area (Å²) >= 11 is 18.5. The van der Waals surface area contributed by atoms with Gasteiger partial charge in [-0.3, -0.25) is 14.5 Å². The van der Waals surface area contributed by atoms with Gasteiger partial charge in [-0.1, -0.05) is 46.9 Å². The number of carbonyl (C=O) groups excluding carboxylic acids is 2. The van der Waals surface area contributed by atoms with E-state index in [1.165, 1.54) is 56.7 Å². The van der Waals surface area contributed by atoms with Crippen molar-refractivity contribution in [2.24, 2.45) is 0 Å². The molecule has 35 heavy (non-hydrogen) atoms. The maximum atomic E-state index is 14.1. The summed E-state index contributed by atoms with van der Waals surface area (Å²) in [6.45, 7) is 0. The summed E-state index contributed by atoms with van der Waals surface area (Å²) in [5.41, 5.74) is 0.281. The van der Waals surface area contributed by atoms with Gasteiger partial charge in [0, 0.05) is 11.8 Å². The van der Waals surface area contributed by atoms with Crippen molar-refractivity contribution in [2.75, 3.05) is 19.1 Å². The van der Waals surface area contributed by atoms with Crippen molar-refractivity contribution in [3.63, 3.8) is 0 Å². The molecule has 1 heterocycles. The number of Topliss-reactive ketones (excluding diaryl/α,β-unsaturated/α-hetero) is 1. The molecule has 0 bridgehead atoms. The minimum absolute atomic E-state index is 0.0658. The average molecular weight is 537 g/mol. The second kappa shape index (κ2) is 9.77. The lowest BCUT2D eigenvalue weighted by atomic mass is 9.94. The molecule has 1 fully saturated rings. The second-order valence-corrected chi connectivity index (χ2v) is 8.73. The van der Waals surface area contributed by atoms with E-state index in [0.29, 0.717) is 5.56 Å². The highest BCUT2D eigenvalue weighted by Crippen LogP contribution is 2.45. The first-order chi connectivity index (χ1) is 16.7. The third-order valence-electron chi connectivity index (χ3n) is 5.52. The fourth-order valence-corrected chi connectivity index (χ4v) is 4.45. The van der Waals surface area contributed by atoms with Crippen molar-refractivity contribution in [3.05, 3.63) is 92.2 Å². The summed E-state index contributed by atoms with van der Waals surface area (Å²) in [7, 11) is 2.74. The van der Waals surface area contributed by atoms with Crippen LogP contribution >= 0.6 is 34.8 Å². The van der Waals surface area contributed by atoms with Gasteiger partial charge in [0.15, 0.2) is 0 Å². The van der Waals surface area contributed by atoms with Crippen LogP contribution in [0.4, 0.5) is 10.1 Å². The van der Waals surface area contributed by atoms with Crippen LogP contribution in [0.3, 0.4) is 0 Å². The van der Waals surface area contributed by atoms with Crippen molar-refractivity contribution in [2.45, 2.75) is 6.04 Å². The number of aliphatic hydroxyl groups excluding tert-OH is 1. The zero-order chi connectivity index (χ0) is 25.4. The lowest BCUT2D eigenvalue weighted by Crippen LogP contribution is -2.29. The summed E-state index contributed by atoms with van der Waals surface area (Å²) < 4.78 is 24.6. The largest absolute Gasteiger partial charge is 0.507 e. The number of ketones is 1. The third kappa shape index (κ3) is 4.43. The molecule has 3 aromatic rings. The van der Waals surface area contributed by atoms with Gasteiger partial charge < -0.3 is 14.6 Å². The maximum absolute atomic E-state index is 14.1. The number of nitrogens with zero attached hydrogens (tertiary/aromatic N) is 1. The van der Waals surface area contributed by atoms with Crippen LogP contribution in [0.25, 0.3) is 5.76 Å². The molecule has 3 aromatic carbocycles. The number of halogens is 4. The molecule has 4 rings (SSSR count). The molecule has 0 saturated carbocycles. The molecule has 1 atom stereocenters. The molecule has 180 valence electrons. The zero-order valence-corrected chi connectivity index (χ0v) is 20.6. The van der Waals surface area contributed by atoms with E-state index in [2.05, 4.69) is 0 Å². The Morgan fingerprint density at radius 2 is 1.63 bits per heavy atom. The summed E-state index contributed by atoms with van der Waals surface area (Å²) in [6.07, 6.45) is 0. The van der Waals surface area contributed by atoms with Gasteiger partial charge in [0.1, 0.15) is 23.1 Å². The first-order valence-electron chi connectivity index (χ1n) is 10.1. The van der Waals surface area contributed by atoms with Crippen molar-refractivity contribution < 1.29 is 28.6 Å². The van der Waals surface area contributed by atoms with E-state index >= 15 is 0 Å². The van der Waals surface area contributed by atoms with E-state index in [1.807, 2.05) is 0 Å². The number of hydrogen-bond donors (Lipinski definition) is 1. The molecule has 0 radical (unpaired) electrons. The van der Waals surface area contributed by atoms with E-state index in [4.69, 9.17) is 44.3 Å². The van der Waals surface area contributed by atoms with Gasteiger partial charge >= 0.3 is 0 Å². The van der Waals surface area contributed by atoms with Gasteiger partial charge in [-0.05, 0) is 42.0 Å². The second-order valence-electron chi connectivity index (χ2n) is 7.51. The van der Waals surface area contributed by atoms with E-state index < -0.39 is 29.3 Å². The Balaban J connectivity index is 2.02. The monoisotopic (exact) mass is 535 g/mol. The van der Waals surface area contributed by atoms with Gasteiger partial charge in [-0.15, -0.1) is 0 Å². The van der Waals surface area contributed by atoms with Gasteiger partial charge in [0.2, 0.25) is 0 Å². The number of rotatable bonds is 5. The highest BCUT2D eigenvalue weighted by atomic mass is 35.5. The Bertz CT molecular complexity index is 1390. The van der Waals surface area contributed by atoms with Crippen LogP contribution in [0.1, 0.15) is 17.2 Å². The number of methoxy groups -OCH3 is 2. The molecule has 10 heteroatoms. The Hall–Kier alpha value is -3.26. The Morgan fingerprint density at radius 3 is 2.26 bits per heavy atom. The molecule has 6 nitrogen and oxygen atoms in total. The SMILES string of the molecule is COc1cc(/C(O)=C2\C(=O)C(=O)N(c3cccc(F)c3)C2c2ccc(Cl)c(Cl)c2)c(OC)cc1Cl. The van der Waals surface area contributed by atoms with Crippen molar-refractivity contribution in [1.82, 2.24) is 0 Å². The van der Waals surface area contributed by atoms with Crippen LogP contribution in [0.15, 0.2) is 60.2 Å². The normalized spacial score (nSPS) is 17.1. The highest BCUT2D eigenvalue weighted by Gasteiger charge is 2.47. The van der Waals surface area contributed by atoms with E-state index in [0.717, 1.165) is 11.0 Å². The Labute approximate surface area is 215 Å². The van der Waals surface area contributed by atoms with Gasteiger partial charge in [0.25, 0.3) is 11.7 Å². The Kier molecular flexibility index (Phi) is 6.94. The van der Waals surface area contributed by atoms with Crippen LogP contribution in [0.5, 0.6) is 11.5 Å². The third-order valence-corrected chi connectivity index (χ3v) is 6.55. The number of ether oxygens (including phenoxy) is 2. The first kappa shape index (κ1) is 24.9. The maximum Gasteiger partial charge on any atom is 0.300 e. The van der Waals surface area contributed by atoms with Crippen LogP contribution in [-0.2, 0) is 9.59 Å². The topological polar surface area (TPSA) is 76.1 Å². The van der Waals surface area contributed by atoms with E-state index in [1.54, 1.807) is 6.07 Å². The number of hydrogen-bond acceptors (Lipinski definition) is 5. The van der Waals surface area contributed by atoms with Crippen LogP contribution < -0.4 is 14.4 Å². The molecule has 1 unspecified atom stereocenters. The summed E-state index contributed by atoms with van der Waals surface area (Å²) in [5.74, 6) is -2.75. The fraction of sp³-hybridized carbons (Fsp3) is 0.120. The highest BCUT2D eigenvalue weighted by molar-refractivity contribution is 6.52. The van der Waals surface area contributed by atoms with Gasteiger partial charge in [-0.2, -0.15) is 0 Å². The lowest BCUT2D eigenvalue weighted by molar-refractivity contribution is -0.132. The minimum Gasteiger partial charge on any atom is -0.507 e.